The number of nitrogens with one attached hydrogen (secondary N) is 2. The number of benzene rings is 2. The third kappa shape index (κ3) is 6.29. The van der Waals surface area contributed by atoms with Gasteiger partial charge in [0.05, 0.1) is 15.5 Å². The number of carbonyl (C=O) groups is 1. The Morgan fingerprint density at radius 2 is 1.71 bits per heavy atom. The molecule has 3 rings (SSSR count). The Hall–Kier alpha value is -2.90. The number of unbranched alkanes of at least 4 members (excludes halogenated alkanes) is 1. The van der Waals surface area contributed by atoms with Crippen molar-refractivity contribution < 1.29 is 13.2 Å². The Kier molecular flexibility index (Phi) is 7.65. The molecule has 0 aliphatic carbocycles. The second-order valence-electron chi connectivity index (χ2n) is 7.09. The summed E-state index contributed by atoms with van der Waals surface area (Å²) in [5.41, 5.74) is 2.57. The number of anilines is 1. The lowest BCUT2D eigenvalue weighted by Gasteiger charge is -2.12. The molecule has 2 N–H and O–H groups in total. The minimum absolute atomic E-state index is 0.0407. The summed E-state index contributed by atoms with van der Waals surface area (Å²) >= 11 is 6.16. The molecule has 0 saturated heterocycles. The highest BCUT2D eigenvalue weighted by atomic mass is 35.5. The molecular weight excluding hydrogens is 434 g/mol. The zero-order valence-corrected chi connectivity index (χ0v) is 18.7. The van der Waals surface area contributed by atoms with Crippen LogP contribution in [0.4, 0.5) is 5.69 Å². The van der Waals surface area contributed by atoms with Gasteiger partial charge in [0.15, 0.2) is 0 Å². The molecule has 0 aliphatic heterocycles. The van der Waals surface area contributed by atoms with E-state index < -0.39 is 15.9 Å². The normalized spacial score (nSPS) is 11.2. The van der Waals surface area contributed by atoms with Crippen LogP contribution >= 0.6 is 11.6 Å². The van der Waals surface area contributed by atoms with Gasteiger partial charge in [-0.2, -0.15) is 0 Å². The number of aryl methyl sites for hydroxylation is 1. The van der Waals surface area contributed by atoms with Crippen molar-refractivity contribution in [2.24, 2.45) is 0 Å². The minimum Gasteiger partial charge on any atom is -0.348 e. The Balaban J connectivity index is 1.73. The number of amides is 1. The van der Waals surface area contributed by atoms with Crippen LogP contribution in [0.2, 0.25) is 5.02 Å². The lowest BCUT2D eigenvalue weighted by molar-refractivity contribution is 0.0951. The van der Waals surface area contributed by atoms with Gasteiger partial charge in [0.2, 0.25) is 0 Å². The Bertz CT molecular complexity index is 1130. The number of hydrogen-bond donors (Lipinski definition) is 2. The monoisotopic (exact) mass is 457 g/mol. The van der Waals surface area contributed by atoms with Crippen molar-refractivity contribution in [2.75, 3.05) is 4.72 Å². The molecule has 0 spiro atoms. The van der Waals surface area contributed by atoms with E-state index in [1.807, 2.05) is 12.1 Å². The van der Waals surface area contributed by atoms with E-state index >= 15 is 0 Å². The summed E-state index contributed by atoms with van der Waals surface area (Å²) in [6.07, 6.45) is 6.40. The minimum atomic E-state index is -3.88. The SMILES string of the molecule is CCCCc1ccc(NS(=O)(=O)c2ccc(Cl)c(C(=O)NCc3ccncc3)c2)cc1. The summed E-state index contributed by atoms with van der Waals surface area (Å²) in [6, 6.07) is 14.9. The van der Waals surface area contributed by atoms with Crippen molar-refractivity contribution in [3.05, 3.63) is 88.7 Å². The molecule has 0 aliphatic rings. The molecule has 1 heterocycles. The van der Waals surface area contributed by atoms with E-state index in [0.717, 1.165) is 30.4 Å². The van der Waals surface area contributed by atoms with Crippen LogP contribution in [0.15, 0.2) is 71.9 Å². The average molecular weight is 458 g/mol. The first-order valence-electron chi connectivity index (χ1n) is 9.97. The fraction of sp³-hybridized carbons (Fsp3) is 0.217. The third-order valence-corrected chi connectivity index (χ3v) is 6.43. The van der Waals surface area contributed by atoms with Crippen LogP contribution in [0, 0.1) is 0 Å². The fourth-order valence-electron chi connectivity index (χ4n) is 2.96. The molecule has 0 radical (unpaired) electrons. The number of aromatic nitrogens is 1. The first kappa shape index (κ1) is 22.8. The molecular formula is C23H24ClN3O3S. The molecule has 1 aromatic heterocycles. The molecule has 0 atom stereocenters. The third-order valence-electron chi connectivity index (χ3n) is 4.72. The summed E-state index contributed by atoms with van der Waals surface area (Å²) < 4.78 is 28.2. The maximum Gasteiger partial charge on any atom is 0.261 e. The molecule has 8 heteroatoms. The van der Waals surface area contributed by atoms with Gasteiger partial charge in [-0.1, -0.05) is 37.1 Å². The van der Waals surface area contributed by atoms with Crippen molar-refractivity contribution in [3.63, 3.8) is 0 Å². The molecule has 162 valence electrons. The lowest BCUT2D eigenvalue weighted by Crippen LogP contribution is -2.23. The number of nitrogens with zero attached hydrogens (tertiary/aromatic N) is 1. The van der Waals surface area contributed by atoms with E-state index in [9.17, 15) is 13.2 Å². The van der Waals surface area contributed by atoms with Gasteiger partial charge in [0.1, 0.15) is 0 Å². The number of halogens is 1. The summed E-state index contributed by atoms with van der Waals surface area (Å²) in [7, 11) is -3.88. The maximum atomic E-state index is 12.8. The van der Waals surface area contributed by atoms with Crippen LogP contribution < -0.4 is 10.0 Å². The van der Waals surface area contributed by atoms with Gasteiger partial charge in [0, 0.05) is 24.6 Å². The zero-order chi connectivity index (χ0) is 22.3. The highest BCUT2D eigenvalue weighted by molar-refractivity contribution is 7.92. The molecule has 0 bridgehead atoms. The van der Waals surface area contributed by atoms with Crippen LogP contribution in [-0.4, -0.2) is 19.3 Å². The van der Waals surface area contributed by atoms with E-state index in [1.54, 1.807) is 36.7 Å². The maximum absolute atomic E-state index is 12.8. The van der Waals surface area contributed by atoms with Crippen molar-refractivity contribution in [1.29, 1.82) is 0 Å². The van der Waals surface area contributed by atoms with Gasteiger partial charge in [0.25, 0.3) is 15.9 Å². The van der Waals surface area contributed by atoms with Crippen molar-refractivity contribution in [3.8, 4) is 0 Å². The van der Waals surface area contributed by atoms with Crippen LogP contribution in [0.5, 0.6) is 0 Å². The Morgan fingerprint density at radius 1 is 1.00 bits per heavy atom. The number of rotatable bonds is 9. The molecule has 31 heavy (non-hydrogen) atoms. The van der Waals surface area contributed by atoms with Crippen molar-refractivity contribution >= 4 is 33.2 Å². The number of carbonyl (C=O) groups excluding carboxylic acids is 1. The van der Waals surface area contributed by atoms with Crippen LogP contribution in [0.1, 0.15) is 41.3 Å². The molecule has 3 aromatic rings. The van der Waals surface area contributed by atoms with E-state index in [0.29, 0.717) is 5.69 Å². The van der Waals surface area contributed by atoms with E-state index in [-0.39, 0.29) is 22.0 Å². The smallest absolute Gasteiger partial charge is 0.261 e. The largest absolute Gasteiger partial charge is 0.348 e. The fourth-order valence-corrected chi connectivity index (χ4v) is 4.25. The number of hydrogen-bond acceptors (Lipinski definition) is 4. The molecule has 1 amide bonds. The highest BCUT2D eigenvalue weighted by Gasteiger charge is 2.19. The summed E-state index contributed by atoms with van der Waals surface area (Å²) in [5.74, 6) is -0.459. The van der Waals surface area contributed by atoms with Gasteiger partial charge in [-0.25, -0.2) is 8.42 Å². The van der Waals surface area contributed by atoms with Gasteiger partial charge in [-0.05, 0) is 66.4 Å². The van der Waals surface area contributed by atoms with Crippen LogP contribution in [-0.2, 0) is 23.0 Å². The Morgan fingerprint density at radius 3 is 2.39 bits per heavy atom. The van der Waals surface area contributed by atoms with Crippen LogP contribution in [0.3, 0.4) is 0 Å². The first-order chi connectivity index (χ1) is 14.9. The molecule has 2 aromatic carbocycles. The van der Waals surface area contributed by atoms with E-state index in [4.69, 9.17) is 11.6 Å². The second-order valence-corrected chi connectivity index (χ2v) is 9.18. The average Bonchev–Trinajstić information content (AvgIpc) is 2.77. The number of sulfonamides is 1. The molecule has 0 fully saturated rings. The van der Waals surface area contributed by atoms with E-state index in [1.165, 1.54) is 18.2 Å². The zero-order valence-electron chi connectivity index (χ0n) is 17.1. The molecule has 0 saturated carbocycles. The summed E-state index contributed by atoms with van der Waals surface area (Å²) in [5, 5.41) is 2.91. The lowest BCUT2D eigenvalue weighted by atomic mass is 10.1. The number of pyridine rings is 1. The van der Waals surface area contributed by atoms with Gasteiger partial charge < -0.3 is 5.32 Å². The van der Waals surface area contributed by atoms with Crippen molar-refractivity contribution in [1.82, 2.24) is 10.3 Å². The Labute approximate surface area is 187 Å². The predicted molar refractivity (Wildman–Crippen MR) is 123 cm³/mol. The predicted octanol–water partition coefficient (Wildman–Crippen LogP) is 4.81. The van der Waals surface area contributed by atoms with E-state index in [2.05, 4.69) is 21.9 Å². The van der Waals surface area contributed by atoms with Crippen molar-refractivity contribution in [2.45, 2.75) is 37.6 Å². The first-order valence-corrected chi connectivity index (χ1v) is 11.8. The van der Waals surface area contributed by atoms with Gasteiger partial charge >= 0.3 is 0 Å². The summed E-state index contributed by atoms with van der Waals surface area (Å²) in [6.45, 7) is 2.40. The highest BCUT2D eigenvalue weighted by Crippen LogP contribution is 2.23. The van der Waals surface area contributed by atoms with Gasteiger partial charge in [-0.15, -0.1) is 0 Å². The van der Waals surface area contributed by atoms with Gasteiger partial charge in [-0.3, -0.25) is 14.5 Å². The summed E-state index contributed by atoms with van der Waals surface area (Å²) in [4.78, 5) is 16.5. The topological polar surface area (TPSA) is 88.2 Å². The molecule has 6 nitrogen and oxygen atoms in total. The molecule has 0 unspecified atom stereocenters. The van der Waals surface area contributed by atoms with Crippen LogP contribution in [0.25, 0.3) is 0 Å². The standard InChI is InChI=1S/C23H24ClN3O3S/c1-2-3-4-17-5-7-19(8-6-17)27-31(29,30)20-9-10-22(24)21(15-20)23(28)26-16-18-11-13-25-14-12-18/h5-15,27H,2-4,16H2,1H3,(H,26,28). The quantitative estimate of drug-likeness (QED) is 0.482. The second kappa shape index (κ2) is 10.4.